The number of carbonyl (C=O) groups excluding carboxylic acids is 1. The van der Waals surface area contributed by atoms with Crippen LogP contribution in [0.25, 0.3) is 0 Å². The molecule has 106 valence electrons. The second-order valence-electron chi connectivity index (χ2n) is 5.85. The third-order valence-electron chi connectivity index (χ3n) is 4.29. The number of hydrogen-bond donors (Lipinski definition) is 2. The molecule has 0 radical (unpaired) electrons. The topological polar surface area (TPSA) is 64.9 Å². The van der Waals surface area contributed by atoms with E-state index in [9.17, 15) is 10.1 Å². The Bertz CT molecular complexity index is 566. The summed E-state index contributed by atoms with van der Waals surface area (Å²) in [7, 11) is 0. The quantitative estimate of drug-likeness (QED) is 0.878. The van der Waals surface area contributed by atoms with Gasteiger partial charge in [0.05, 0.1) is 11.5 Å². The van der Waals surface area contributed by atoms with Crippen molar-refractivity contribution >= 4 is 22.2 Å². The maximum Gasteiger partial charge on any atom is 0.229 e. The SMILES string of the molecule is CC1CCc2c(sc(NC(=O)C3CCNC3)c2C#N)C1. The van der Waals surface area contributed by atoms with Crippen LogP contribution in [-0.2, 0) is 17.6 Å². The number of carbonyl (C=O) groups is 1. The predicted octanol–water partition coefficient (Wildman–Crippen LogP) is 2.29. The molecule has 1 saturated heterocycles. The highest BCUT2D eigenvalue weighted by atomic mass is 32.1. The van der Waals surface area contributed by atoms with E-state index in [-0.39, 0.29) is 11.8 Å². The zero-order chi connectivity index (χ0) is 14.1. The summed E-state index contributed by atoms with van der Waals surface area (Å²) in [4.78, 5) is 13.5. The fourth-order valence-corrected chi connectivity index (χ4v) is 4.41. The maximum absolute atomic E-state index is 12.2. The predicted molar refractivity (Wildman–Crippen MR) is 79.8 cm³/mol. The average Bonchev–Trinajstić information content (AvgIpc) is 3.04. The van der Waals surface area contributed by atoms with Crippen molar-refractivity contribution in [3.05, 3.63) is 16.0 Å². The molecule has 1 amide bonds. The van der Waals surface area contributed by atoms with Gasteiger partial charge in [0.1, 0.15) is 11.1 Å². The number of nitriles is 1. The van der Waals surface area contributed by atoms with Gasteiger partial charge in [-0.2, -0.15) is 5.26 Å². The molecule has 0 spiro atoms. The Morgan fingerprint density at radius 3 is 3.05 bits per heavy atom. The molecule has 0 bridgehead atoms. The van der Waals surface area contributed by atoms with Crippen molar-refractivity contribution in [1.82, 2.24) is 5.32 Å². The van der Waals surface area contributed by atoms with Crippen molar-refractivity contribution in [1.29, 1.82) is 5.26 Å². The van der Waals surface area contributed by atoms with Gasteiger partial charge in [0.15, 0.2) is 0 Å². The lowest BCUT2D eigenvalue weighted by Crippen LogP contribution is -2.24. The minimum Gasteiger partial charge on any atom is -0.316 e. The second kappa shape index (κ2) is 5.55. The Kier molecular flexibility index (Phi) is 3.77. The number of nitrogens with one attached hydrogen (secondary N) is 2. The number of hydrogen-bond acceptors (Lipinski definition) is 4. The van der Waals surface area contributed by atoms with Crippen molar-refractivity contribution in [3.8, 4) is 6.07 Å². The molecule has 1 aliphatic carbocycles. The third kappa shape index (κ3) is 2.46. The van der Waals surface area contributed by atoms with Crippen LogP contribution in [0.2, 0.25) is 0 Å². The fourth-order valence-electron chi connectivity index (χ4n) is 3.05. The minimum atomic E-state index is 0.0413. The van der Waals surface area contributed by atoms with Gasteiger partial charge in [0.2, 0.25) is 5.91 Å². The van der Waals surface area contributed by atoms with Gasteiger partial charge in [-0.05, 0) is 43.7 Å². The molecule has 1 aromatic rings. The van der Waals surface area contributed by atoms with E-state index >= 15 is 0 Å². The van der Waals surface area contributed by atoms with E-state index in [0.717, 1.165) is 43.8 Å². The van der Waals surface area contributed by atoms with Crippen molar-refractivity contribution in [2.75, 3.05) is 18.4 Å². The normalized spacial score (nSPS) is 25.0. The summed E-state index contributed by atoms with van der Waals surface area (Å²) in [5.41, 5.74) is 1.88. The first-order valence-corrected chi connectivity index (χ1v) is 8.07. The highest BCUT2D eigenvalue weighted by Gasteiger charge is 2.27. The lowest BCUT2D eigenvalue weighted by atomic mass is 9.88. The molecule has 1 aromatic heterocycles. The van der Waals surface area contributed by atoms with Gasteiger partial charge in [-0.15, -0.1) is 11.3 Å². The van der Waals surface area contributed by atoms with Gasteiger partial charge in [-0.3, -0.25) is 4.79 Å². The van der Waals surface area contributed by atoms with Crippen LogP contribution in [0.4, 0.5) is 5.00 Å². The minimum absolute atomic E-state index is 0.0413. The fraction of sp³-hybridized carbons (Fsp3) is 0.600. The molecule has 2 unspecified atom stereocenters. The Hall–Kier alpha value is -1.38. The second-order valence-corrected chi connectivity index (χ2v) is 6.95. The van der Waals surface area contributed by atoms with E-state index in [4.69, 9.17) is 0 Å². The summed E-state index contributed by atoms with van der Waals surface area (Å²) in [5.74, 6) is 0.771. The van der Waals surface area contributed by atoms with Crippen molar-refractivity contribution < 1.29 is 4.79 Å². The van der Waals surface area contributed by atoms with Gasteiger partial charge in [0.25, 0.3) is 0 Å². The van der Waals surface area contributed by atoms with E-state index in [1.165, 1.54) is 10.4 Å². The first-order valence-electron chi connectivity index (χ1n) is 7.25. The summed E-state index contributed by atoms with van der Waals surface area (Å²) >= 11 is 1.60. The number of nitrogens with zero attached hydrogens (tertiary/aromatic N) is 1. The van der Waals surface area contributed by atoms with Gasteiger partial charge in [-0.1, -0.05) is 6.92 Å². The van der Waals surface area contributed by atoms with Crippen LogP contribution in [0.3, 0.4) is 0 Å². The number of fused-ring (bicyclic) bond motifs is 1. The Balaban J connectivity index is 1.83. The van der Waals surface area contributed by atoms with Gasteiger partial charge >= 0.3 is 0 Å². The van der Waals surface area contributed by atoms with E-state index in [1.54, 1.807) is 11.3 Å². The van der Waals surface area contributed by atoms with Crippen molar-refractivity contribution in [2.45, 2.75) is 32.6 Å². The van der Waals surface area contributed by atoms with E-state index < -0.39 is 0 Å². The number of amides is 1. The molecule has 20 heavy (non-hydrogen) atoms. The van der Waals surface area contributed by atoms with E-state index in [0.29, 0.717) is 11.5 Å². The number of anilines is 1. The molecular weight excluding hydrogens is 270 g/mol. The Morgan fingerprint density at radius 1 is 1.50 bits per heavy atom. The Labute approximate surface area is 123 Å². The number of thiophene rings is 1. The van der Waals surface area contributed by atoms with Gasteiger partial charge < -0.3 is 10.6 Å². The van der Waals surface area contributed by atoms with Gasteiger partial charge in [0, 0.05) is 11.4 Å². The van der Waals surface area contributed by atoms with E-state index in [1.807, 2.05) is 0 Å². The molecule has 0 saturated carbocycles. The summed E-state index contributed by atoms with van der Waals surface area (Å²) in [6, 6.07) is 2.29. The third-order valence-corrected chi connectivity index (χ3v) is 5.46. The van der Waals surface area contributed by atoms with Crippen LogP contribution < -0.4 is 10.6 Å². The maximum atomic E-state index is 12.2. The zero-order valence-electron chi connectivity index (χ0n) is 11.7. The van der Waals surface area contributed by atoms with Crippen LogP contribution in [0, 0.1) is 23.2 Å². The lowest BCUT2D eigenvalue weighted by Gasteiger charge is -2.17. The van der Waals surface area contributed by atoms with Crippen molar-refractivity contribution in [2.24, 2.45) is 11.8 Å². The summed E-state index contributed by atoms with van der Waals surface area (Å²) in [6.45, 7) is 3.90. The monoisotopic (exact) mass is 289 g/mol. The molecule has 2 heterocycles. The molecule has 5 heteroatoms. The first-order chi connectivity index (χ1) is 9.69. The van der Waals surface area contributed by atoms with Crippen LogP contribution in [0.15, 0.2) is 0 Å². The van der Waals surface area contributed by atoms with Crippen LogP contribution in [0.1, 0.15) is 35.8 Å². The highest BCUT2D eigenvalue weighted by Crippen LogP contribution is 2.39. The standard InChI is InChI=1S/C15H19N3OS/c1-9-2-3-11-12(7-16)15(20-13(11)6-9)18-14(19)10-4-5-17-8-10/h9-10,17H,2-6,8H2,1H3,(H,18,19). The number of rotatable bonds is 2. The van der Waals surface area contributed by atoms with Crippen LogP contribution in [0.5, 0.6) is 0 Å². The molecule has 4 nitrogen and oxygen atoms in total. The molecule has 1 aliphatic heterocycles. The molecule has 1 fully saturated rings. The van der Waals surface area contributed by atoms with Crippen LogP contribution >= 0.6 is 11.3 Å². The highest BCUT2D eigenvalue weighted by molar-refractivity contribution is 7.16. The van der Waals surface area contributed by atoms with E-state index in [2.05, 4.69) is 23.6 Å². The average molecular weight is 289 g/mol. The lowest BCUT2D eigenvalue weighted by molar-refractivity contribution is -0.119. The first kappa shape index (κ1) is 13.6. The van der Waals surface area contributed by atoms with Crippen molar-refractivity contribution in [3.63, 3.8) is 0 Å². The van der Waals surface area contributed by atoms with Gasteiger partial charge in [-0.25, -0.2) is 0 Å². The summed E-state index contributed by atoms with van der Waals surface area (Å²) in [5, 5.41) is 16.4. The Morgan fingerprint density at radius 2 is 2.35 bits per heavy atom. The molecule has 2 atom stereocenters. The summed E-state index contributed by atoms with van der Waals surface area (Å²) in [6.07, 6.45) is 4.03. The molecule has 3 rings (SSSR count). The molecule has 0 aromatic carbocycles. The molecular formula is C15H19N3OS. The molecule has 2 N–H and O–H groups in total. The largest absolute Gasteiger partial charge is 0.316 e. The zero-order valence-corrected chi connectivity index (χ0v) is 12.5. The summed E-state index contributed by atoms with van der Waals surface area (Å²) < 4.78 is 0. The molecule has 2 aliphatic rings. The smallest absolute Gasteiger partial charge is 0.229 e. The van der Waals surface area contributed by atoms with Crippen LogP contribution in [-0.4, -0.2) is 19.0 Å².